The molecule has 270 valence electrons. The third-order valence-corrected chi connectivity index (χ3v) is 7.97. The smallest absolute Gasteiger partial charge is 0.0604 e. The van der Waals surface area contributed by atoms with Crippen molar-refractivity contribution in [3.05, 3.63) is 95.4 Å². The molecule has 4 N–H and O–H groups in total. The second-order valence-electron chi connectivity index (χ2n) is 12.2. The first-order valence-electron chi connectivity index (χ1n) is 17.8. The minimum absolute atomic E-state index is 0. The Morgan fingerprint density at radius 3 is 2.38 bits per heavy atom. The molecule has 6 nitrogen and oxygen atoms in total. The van der Waals surface area contributed by atoms with Crippen LogP contribution in [-0.2, 0) is 51.3 Å². The normalized spacial score (nSPS) is 14.6. The van der Waals surface area contributed by atoms with Crippen molar-refractivity contribution in [2.75, 3.05) is 45.2 Å². The number of nitrogens with zero attached hydrogens (tertiary/aromatic N) is 2. The Morgan fingerprint density at radius 2 is 1.81 bits per heavy atom. The first-order chi connectivity index (χ1) is 22.2. The van der Waals surface area contributed by atoms with E-state index in [1.54, 1.807) is 0 Å². The molecule has 0 amide bonds. The number of nitrogens with one attached hydrogen (secondary N) is 3. The Balaban J connectivity index is -0.000000690. The molecule has 2 radical (unpaired) electrons. The molecule has 2 atom stereocenters. The van der Waals surface area contributed by atoms with Crippen molar-refractivity contribution >= 4 is 11.4 Å². The molecule has 48 heavy (non-hydrogen) atoms. The Kier molecular flexibility index (Phi) is 35.0. The summed E-state index contributed by atoms with van der Waals surface area (Å²) in [5.41, 5.74) is 13.5. The first kappa shape index (κ1) is 51.1. The van der Waals surface area contributed by atoms with Crippen LogP contribution >= 0.6 is 0 Å². The Bertz CT molecular complexity index is 1050. The number of aliphatic hydroxyl groups is 1. The van der Waals surface area contributed by atoms with Gasteiger partial charge in [-0.25, -0.2) is 0 Å². The number of fused-ring (bicyclic) bond motifs is 2. The summed E-state index contributed by atoms with van der Waals surface area (Å²) >= 11 is 0. The number of rotatable bonds is 17. The van der Waals surface area contributed by atoms with E-state index in [-0.39, 0.29) is 63.8 Å². The second kappa shape index (κ2) is 32.9. The molecular formula is C40H69N5OVY-2. The van der Waals surface area contributed by atoms with Crippen molar-refractivity contribution in [3.8, 4) is 0 Å². The van der Waals surface area contributed by atoms with Crippen molar-refractivity contribution in [1.82, 2.24) is 10.6 Å². The molecule has 0 saturated heterocycles. The third kappa shape index (κ3) is 20.4. The van der Waals surface area contributed by atoms with Gasteiger partial charge in [-0.15, -0.1) is 19.3 Å². The number of anilines is 1. The van der Waals surface area contributed by atoms with Gasteiger partial charge in [0.05, 0.1) is 6.61 Å². The maximum absolute atomic E-state index is 9.21. The summed E-state index contributed by atoms with van der Waals surface area (Å²) in [6, 6.07) is 8.34. The summed E-state index contributed by atoms with van der Waals surface area (Å²) in [5.74, 6) is 1.90. The van der Waals surface area contributed by atoms with Crippen LogP contribution < -0.4 is 15.5 Å². The zero-order valence-electron chi connectivity index (χ0n) is 31.8. The zero-order valence-corrected chi connectivity index (χ0v) is 36.1. The van der Waals surface area contributed by atoms with Crippen LogP contribution in [0, 0.1) is 17.8 Å². The van der Waals surface area contributed by atoms with Crippen molar-refractivity contribution in [1.29, 1.82) is 0 Å². The summed E-state index contributed by atoms with van der Waals surface area (Å²) in [5, 5.41) is 20.6. The van der Waals surface area contributed by atoms with Crippen LogP contribution in [0.4, 0.5) is 5.69 Å². The van der Waals surface area contributed by atoms with E-state index in [0.29, 0.717) is 13.1 Å². The fourth-order valence-electron chi connectivity index (χ4n) is 5.28. The summed E-state index contributed by atoms with van der Waals surface area (Å²) in [6.07, 6.45) is 18.9. The molecule has 0 aromatic heterocycles. The van der Waals surface area contributed by atoms with Gasteiger partial charge in [0, 0.05) is 106 Å². The second-order valence-corrected chi connectivity index (χ2v) is 12.2. The fraction of sp³-hybridized carbons (Fsp3) is 0.600. The van der Waals surface area contributed by atoms with Gasteiger partial charge in [0.1, 0.15) is 0 Å². The largest absolute Gasteiger partial charge is 0.688 e. The van der Waals surface area contributed by atoms with E-state index in [2.05, 4.69) is 105 Å². The number of unbranched alkanes of at least 4 members (excludes halogenated alkanes) is 2. The molecule has 1 aliphatic heterocycles. The van der Waals surface area contributed by atoms with E-state index in [1.807, 2.05) is 33.0 Å². The zero-order chi connectivity index (χ0) is 34.7. The van der Waals surface area contributed by atoms with Crippen molar-refractivity contribution in [2.45, 2.75) is 99.3 Å². The Labute approximate surface area is 333 Å². The fourth-order valence-corrected chi connectivity index (χ4v) is 5.28. The van der Waals surface area contributed by atoms with E-state index < -0.39 is 0 Å². The number of aliphatic hydroxyl groups excluding tert-OH is 1. The molecule has 8 heteroatoms. The number of hydrogen-bond acceptors (Lipinski definition) is 4. The monoisotopic (exact) mass is 775 g/mol. The summed E-state index contributed by atoms with van der Waals surface area (Å²) < 4.78 is 0. The summed E-state index contributed by atoms with van der Waals surface area (Å²) in [4.78, 5) is 2.25. The van der Waals surface area contributed by atoms with E-state index >= 15 is 0 Å². The van der Waals surface area contributed by atoms with Crippen LogP contribution in [0.2, 0.25) is 0 Å². The predicted octanol–water partition coefficient (Wildman–Crippen LogP) is 10.6. The molecule has 1 aliphatic carbocycles. The van der Waals surface area contributed by atoms with Crippen molar-refractivity contribution in [2.24, 2.45) is 17.8 Å². The van der Waals surface area contributed by atoms with Gasteiger partial charge >= 0.3 is 0 Å². The van der Waals surface area contributed by atoms with E-state index in [4.69, 9.17) is 5.73 Å². The minimum atomic E-state index is 0. The van der Waals surface area contributed by atoms with Crippen LogP contribution in [0.25, 0.3) is 16.7 Å². The van der Waals surface area contributed by atoms with Gasteiger partial charge < -0.3 is 31.7 Å². The maximum atomic E-state index is 9.21. The van der Waals surface area contributed by atoms with E-state index in [1.165, 1.54) is 37.8 Å². The van der Waals surface area contributed by atoms with Crippen LogP contribution in [-0.4, -0.2) is 45.4 Å². The molecule has 1 aromatic carbocycles. The van der Waals surface area contributed by atoms with Gasteiger partial charge in [-0.3, -0.25) is 0 Å². The van der Waals surface area contributed by atoms with E-state index in [0.717, 1.165) is 72.4 Å². The van der Waals surface area contributed by atoms with Gasteiger partial charge in [-0.2, -0.15) is 6.54 Å². The molecule has 1 heterocycles. The van der Waals surface area contributed by atoms with Gasteiger partial charge in [0.25, 0.3) is 0 Å². The van der Waals surface area contributed by atoms with Crippen LogP contribution in [0.15, 0.2) is 78.8 Å². The molecule has 1 aromatic rings. The predicted molar refractivity (Wildman–Crippen MR) is 206 cm³/mol. The van der Waals surface area contributed by atoms with Gasteiger partial charge in [0.2, 0.25) is 0 Å². The Morgan fingerprint density at radius 1 is 1.12 bits per heavy atom. The standard InChI is InChI=1S/C18H22N3O.C15H29N.C5H12N.C2H6.V.Y/c1-19-17-13-7-3-5-9-15(13)21(2)16-10-6-4-8-14(16)18(17)20-11-12-22;1-6-7-8-15(5)16-12-11-14(4)10-9-13(2)3;1-2-3-4-5-6;1-2;;/h3-6,8-10,13,20,22H,7,11-12H2,1-2H3;6,13-14,16H,1,5,7-12H2,2-4H3;6H,2-5H2,1H3;1-2H3;;/q-1;;-1;;;. The molecule has 2 unspecified atom stereocenters. The van der Waals surface area contributed by atoms with E-state index in [9.17, 15) is 5.11 Å². The number of allylic oxidation sites excluding steroid dienone is 5. The van der Waals surface area contributed by atoms with Crippen LogP contribution in [0.1, 0.15) is 105 Å². The summed E-state index contributed by atoms with van der Waals surface area (Å²) in [7, 11) is 3.96. The Hall–Kier alpha value is -1.27. The van der Waals surface area contributed by atoms with Gasteiger partial charge in [0.15, 0.2) is 0 Å². The molecule has 0 saturated carbocycles. The molecule has 0 bridgehead atoms. The van der Waals surface area contributed by atoms with Gasteiger partial charge in [-0.1, -0.05) is 117 Å². The molecule has 0 fully saturated rings. The molecule has 2 aliphatic rings. The third-order valence-electron chi connectivity index (χ3n) is 7.97. The van der Waals surface area contributed by atoms with Crippen LogP contribution in [0.3, 0.4) is 0 Å². The SMILES string of the molecule is C=CCCC(=C)NCCC(C)CCC(C)C.CC.CCCCC[NH-].C[N-]C1=C(NCCO)c2ccccc2N(C)C2=CC=CCC21.[V].[Y]. The number of benzene rings is 1. The first-order valence-corrected chi connectivity index (χ1v) is 17.8. The number of hydrogen-bond donors (Lipinski definition) is 3. The maximum Gasteiger partial charge on any atom is 0.0604 e. The topological polar surface area (TPSA) is 85.4 Å². The van der Waals surface area contributed by atoms with Crippen molar-refractivity contribution in [3.63, 3.8) is 0 Å². The minimum Gasteiger partial charge on any atom is -0.688 e. The quantitative estimate of drug-likeness (QED) is 0.109. The molecule has 0 spiro atoms. The van der Waals surface area contributed by atoms with Crippen molar-refractivity contribution < 1.29 is 56.4 Å². The average molecular weight is 776 g/mol. The number of para-hydroxylation sites is 1. The molecular weight excluding hydrogens is 706 g/mol. The van der Waals surface area contributed by atoms with Gasteiger partial charge in [-0.05, 0) is 49.7 Å². The van der Waals surface area contributed by atoms with Crippen LogP contribution in [0.5, 0.6) is 0 Å². The molecule has 3 rings (SSSR count). The summed E-state index contributed by atoms with van der Waals surface area (Å²) in [6.45, 7) is 23.1. The average Bonchev–Trinajstić information content (AvgIpc) is 3.18.